The van der Waals surface area contributed by atoms with E-state index in [-0.39, 0.29) is 43.2 Å². The van der Waals surface area contributed by atoms with Gasteiger partial charge in [-0.15, -0.1) is 0 Å². The quantitative estimate of drug-likeness (QED) is 0.0498. The Morgan fingerprint density at radius 2 is 1.16 bits per heavy atom. The molecule has 12 nitrogen and oxygen atoms in total. The number of nitrogens with zero attached hydrogens (tertiary/aromatic N) is 2. The van der Waals surface area contributed by atoms with Gasteiger partial charge in [0.05, 0.1) is 47.3 Å². The van der Waals surface area contributed by atoms with Gasteiger partial charge in [0.2, 0.25) is 0 Å². The molecule has 0 aliphatic heterocycles. The van der Waals surface area contributed by atoms with Crippen LogP contribution in [-0.4, -0.2) is 73.9 Å². The Balaban J connectivity index is 1.64. The van der Waals surface area contributed by atoms with E-state index >= 15 is 0 Å². The van der Waals surface area contributed by atoms with E-state index in [1.165, 1.54) is 12.3 Å². The number of rotatable bonds is 23. The Labute approximate surface area is 360 Å². The Morgan fingerprint density at radius 1 is 0.656 bits per heavy atom. The molecule has 1 heterocycles. The van der Waals surface area contributed by atoms with Crippen LogP contribution in [0.15, 0.2) is 131 Å². The van der Waals surface area contributed by atoms with E-state index in [0.29, 0.717) is 11.5 Å². The minimum Gasteiger partial charge on any atom is -0.497 e. The SMILES string of the molecule is COc1ccc(C(OC[C@@](CO)(CO[Si](C(C)C)(C(C)C)C(C)C)O[C@H](CO)n2ccc(=O)n(COCc3ccccc3)c2=O)(c2ccccc2)c2ccc(OC)cc2)cc1. The Bertz CT molecular complexity index is 2140. The lowest BCUT2D eigenvalue weighted by Gasteiger charge is -2.46. The number of aromatic nitrogens is 2. The maximum atomic E-state index is 14.1. The van der Waals surface area contributed by atoms with Crippen LogP contribution in [0.3, 0.4) is 0 Å². The van der Waals surface area contributed by atoms with Crippen LogP contribution in [0, 0.1) is 0 Å². The minimum absolute atomic E-state index is 0.133. The molecule has 0 spiro atoms. The lowest BCUT2D eigenvalue weighted by molar-refractivity contribution is -0.212. The van der Waals surface area contributed by atoms with Crippen molar-refractivity contribution >= 4 is 8.32 Å². The van der Waals surface area contributed by atoms with Gasteiger partial charge in [0, 0.05) is 12.3 Å². The Kier molecular flexibility index (Phi) is 16.5. The van der Waals surface area contributed by atoms with Gasteiger partial charge in [0.1, 0.15) is 29.4 Å². The highest BCUT2D eigenvalue weighted by Gasteiger charge is 2.49. The topological polar surface area (TPSA) is 140 Å². The summed E-state index contributed by atoms with van der Waals surface area (Å²) in [5, 5.41) is 22.7. The second-order valence-electron chi connectivity index (χ2n) is 16.2. The molecule has 0 bridgehead atoms. The van der Waals surface area contributed by atoms with Crippen LogP contribution in [-0.2, 0) is 37.6 Å². The van der Waals surface area contributed by atoms with Crippen LogP contribution in [0.2, 0.25) is 16.6 Å². The first-order valence-electron chi connectivity index (χ1n) is 20.8. The van der Waals surface area contributed by atoms with Crippen molar-refractivity contribution in [3.05, 3.63) is 165 Å². The van der Waals surface area contributed by atoms with Crippen molar-refractivity contribution in [3.8, 4) is 11.5 Å². The van der Waals surface area contributed by atoms with Crippen LogP contribution in [0.4, 0.5) is 0 Å². The molecule has 0 aliphatic carbocycles. The van der Waals surface area contributed by atoms with E-state index in [1.807, 2.05) is 109 Å². The molecule has 0 unspecified atom stereocenters. The highest BCUT2D eigenvalue weighted by molar-refractivity contribution is 6.77. The molecule has 0 saturated carbocycles. The predicted molar refractivity (Wildman–Crippen MR) is 238 cm³/mol. The number of aliphatic hydroxyl groups is 2. The lowest BCUT2D eigenvalue weighted by atomic mass is 9.79. The summed E-state index contributed by atoms with van der Waals surface area (Å²) in [5.41, 5.74) is -0.614. The Hall–Kier alpha value is -4.86. The molecule has 2 atom stereocenters. The van der Waals surface area contributed by atoms with Gasteiger partial charge in [-0.2, -0.15) is 0 Å². The summed E-state index contributed by atoms with van der Waals surface area (Å²) in [4.78, 5) is 27.1. The summed E-state index contributed by atoms with van der Waals surface area (Å²) < 4.78 is 40.2. The summed E-state index contributed by atoms with van der Waals surface area (Å²) in [7, 11) is 0.590. The summed E-state index contributed by atoms with van der Waals surface area (Å²) in [6.45, 7) is 11.1. The third-order valence-corrected chi connectivity index (χ3v) is 17.6. The van der Waals surface area contributed by atoms with E-state index in [4.69, 9.17) is 28.1 Å². The largest absolute Gasteiger partial charge is 0.497 e. The zero-order valence-electron chi connectivity index (χ0n) is 36.7. The van der Waals surface area contributed by atoms with Crippen molar-refractivity contribution in [2.45, 2.75) is 88.9 Å². The zero-order chi connectivity index (χ0) is 44.2. The first-order chi connectivity index (χ1) is 29.3. The number of hydrogen-bond donors (Lipinski definition) is 2. The number of ether oxygens (including phenoxy) is 5. The second-order valence-corrected chi connectivity index (χ2v) is 21.7. The predicted octanol–water partition coefficient (Wildman–Crippen LogP) is 7.64. The van der Waals surface area contributed by atoms with E-state index in [2.05, 4.69) is 41.5 Å². The monoisotopic (exact) mass is 854 g/mol. The number of aliphatic hydroxyl groups excluding tert-OH is 2. The standard InChI is InChI=1S/C48H62N2O10Si/c1-35(2)61(36(3)4,37(5)6)59-33-47(31-52,60-45(29-51)49-28-27-44(53)50(46(49)54)34-57-30-38-15-11-9-12-16-38)32-58-48(39-17-13-10-14-18-39,40-19-23-42(55-7)24-20-40)41-21-25-43(56-8)26-22-41/h9-28,35-37,45,51-52H,29-34H2,1-8H3/t45-,47+/m1/s1. The van der Waals surface area contributed by atoms with Crippen molar-refractivity contribution in [2.24, 2.45) is 0 Å². The van der Waals surface area contributed by atoms with Crippen LogP contribution < -0.4 is 20.7 Å². The fraction of sp³-hybridized carbons (Fsp3) is 0.417. The smallest absolute Gasteiger partial charge is 0.335 e. The molecule has 2 N–H and O–H groups in total. The number of hydrogen-bond acceptors (Lipinski definition) is 10. The molecule has 328 valence electrons. The molecular formula is C48H62N2O10Si. The van der Waals surface area contributed by atoms with Crippen molar-refractivity contribution in [1.82, 2.24) is 9.13 Å². The van der Waals surface area contributed by atoms with Crippen LogP contribution >= 0.6 is 0 Å². The van der Waals surface area contributed by atoms with Gasteiger partial charge in [-0.05, 0) is 63.1 Å². The molecule has 5 aromatic rings. The minimum atomic E-state index is -2.62. The maximum Gasteiger partial charge on any atom is 0.335 e. The second kappa shape index (κ2) is 21.3. The van der Waals surface area contributed by atoms with Gasteiger partial charge in [-0.3, -0.25) is 9.36 Å². The maximum absolute atomic E-state index is 14.1. The van der Waals surface area contributed by atoms with Gasteiger partial charge < -0.3 is 38.3 Å². The average molecular weight is 855 g/mol. The summed E-state index contributed by atoms with van der Waals surface area (Å²) in [6, 6.07) is 35.5. The number of benzene rings is 4. The van der Waals surface area contributed by atoms with E-state index in [9.17, 15) is 19.8 Å². The molecule has 4 aromatic carbocycles. The van der Waals surface area contributed by atoms with E-state index in [0.717, 1.165) is 31.4 Å². The van der Waals surface area contributed by atoms with E-state index < -0.39 is 50.2 Å². The van der Waals surface area contributed by atoms with Gasteiger partial charge >= 0.3 is 5.69 Å². The first-order valence-corrected chi connectivity index (χ1v) is 22.9. The average Bonchev–Trinajstić information content (AvgIpc) is 3.27. The highest BCUT2D eigenvalue weighted by Crippen LogP contribution is 2.45. The zero-order valence-corrected chi connectivity index (χ0v) is 37.7. The van der Waals surface area contributed by atoms with Crippen molar-refractivity contribution < 1.29 is 38.3 Å². The first kappa shape index (κ1) is 47.2. The van der Waals surface area contributed by atoms with Gasteiger partial charge in [-0.1, -0.05) is 126 Å². The van der Waals surface area contributed by atoms with Crippen LogP contribution in [0.25, 0.3) is 0 Å². The normalized spacial score (nSPS) is 13.7. The highest BCUT2D eigenvalue weighted by atomic mass is 28.4. The van der Waals surface area contributed by atoms with Gasteiger partial charge in [0.25, 0.3) is 5.56 Å². The third-order valence-electron chi connectivity index (χ3n) is 11.6. The molecule has 0 fully saturated rings. The van der Waals surface area contributed by atoms with Crippen LogP contribution in [0.1, 0.15) is 70.0 Å². The van der Waals surface area contributed by atoms with Crippen molar-refractivity contribution in [2.75, 3.05) is 40.6 Å². The fourth-order valence-electron chi connectivity index (χ4n) is 8.48. The molecule has 0 aliphatic rings. The third kappa shape index (κ3) is 10.4. The molecule has 0 radical (unpaired) electrons. The lowest BCUT2D eigenvalue weighted by Crippen LogP contribution is -2.56. The Morgan fingerprint density at radius 3 is 1.64 bits per heavy atom. The van der Waals surface area contributed by atoms with E-state index in [1.54, 1.807) is 14.2 Å². The van der Waals surface area contributed by atoms with Crippen molar-refractivity contribution in [1.29, 1.82) is 0 Å². The molecular weight excluding hydrogens is 793 g/mol. The molecule has 1 aromatic heterocycles. The summed E-state index contributed by atoms with van der Waals surface area (Å²) in [5.74, 6) is 1.31. The molecule has 61 heavy (non-hydrogen) atoms. The molecule has 0 saturated heterocycles. The molecule has 0 amide bonds. The van der Waals surface area contributed by atoms with Crippen LogP contribution in [0.5, 0.6) is 11.5 Å². The molecule has 5 rings (SSSR count). The fourth-order valence-corrected chi connectivity index (χ4v) is 14.0. The summed E-state index contributed by atoms with van der Waals surface area (Å²) in [6.07, 6.45) is -0.101. The summed E-state index contributed by atoms with van der Waals surface area (Å²) >= 11 is 0. The van der Waals surface area contributed by atoms with Gasteiger partial charge in [-0.25, -0.2) is 9.36 Å². The number of methoxy groups -OCH3 is 2. The van der Waals surface area contributed by atoms with Crippen molar-refractivity contribution in [3.63, 3.8) is 0 Å². The molecule has 13 heteroatoms. The van der Waals surface area contributed by atoms with Gasteiger partial charge in [0.15, 0.2) is 14.5 Å².